The van der Waals surface area contributed by atoms with Crippen LogP contribution in [0.25, 0.3) is 0 Å². The maximum absolute atomic E-state index is 13.3. The van der Waals surface area contributed by atoms with E-state index in [1.807, 2.05) is 30.0 Å². The van der Waals surface area contributed by atoms with Crippen molar-refractivity contribution in [3.05, 3.63) is 30.1 Å². The second-order valence-electron chi connectivity index (χ2n) is 5.38. The van der Waals surface area contributed by atoms with Crippen LogP contribution in [-0.2, 0) is 9.53 Å². The fourth-order valence-corrected chi connectivity index (χ4v) is 2.23. The number of benzene rings is 1. The van der Waals surface area contributed by atoms with E-state index >= 15 is 0 Å². The van der Waals surface area contributed by atoms with Gasteiger partial charge < -0.3 is 19.9 Å². The van der Waals surface area contributed by atoms with Gasteiger partial charge in [-0.2, -0.15) is 0 Å². The topological polar surface area (TPSA) is 44.8 Å². The Morgan fingerprint density at radius 1 is 1.52 bits per heavy atom. The van der Waals surface area contributed by atoms with Crippen LogP contribution in [0.15, 0.2) is 24.3 Å². The van der Waals surface area contributed by atoms with Gasteiger partial charge in [0.2, 0.25) is 0 Å². The van der Waals surface area contributed by atoms with Crippen molar-refractivity contribution in [1.29, 1.82) is 0 Å². The minimum absolute atomic E-state index is 0.113. The number of carbonyl (C=O) groups excluding carboxylic acids is 1. The van der Waals surface area contributed by atoms with Crippen LogP contribution in [0, 0.1) is 5.82 Å². The average Bonchev–Trinajstić information content (AvgIpc) is 2.47. The molecule has 0 aliphatic carbocycles. The van der Waals surface area contributed by atoms with Crippen LogP contribution in [0.1, 0.15) is 0 Å². The van der Waals surface area contributed by atoms with Crippen LogP contribution in [0.4, 0.5) is 10.1 Å². The van der Waals surface area contributed by atoms with Crippen molar-refractivity contribution in [2.75, 3.05) is 51.8 Å². The van der Waals surface area contributed by atoms with Gasteiger partial charge in [-0.3, -0.25) is 4.79 Å². The van der Waals surface area contributed by atoms with Crippen molar-refractivity contribution < 1.29 is 13.9 Å². The molecule has 0 saturated carbocycles. The van der Waals surface area contributed by atoms with E-state index in [2.05, 4.69) is 5.32 Å². The molecule has 0 spiro atoms. The van der Waals surface area contributed by atoms with Crippen LogP contribution in [0.3, 0.4) is 0 Å². The number of carbonyl (C=O) groups is 1. The highest BCUT2D eigenvalue weighted by atomic mass is 19.1. The third-order valence-electron chi connectivity index (χ3n) is 3.39. The van der Waals surface area contributed by atoms with Crippen LogP contribution in [0.2, 0.25) is 0 Å². The lowest BCUT2D eigenvalue weighted by Crippen LogP contribution is -2.50. The van der Waals surface area contributed by atoms with Gasteiger partial charge in [0.25, 0.3) is 5.91 Å². The summed E-state index contributed by atoms with van der Waals surface area (Å²) in [4.78, 5) is 16.0. The lowest BCUT2D eigenvalue weighted by molar-refractivity contribution is -0.133. The molecule has 1 aromatic carbocycles. The first-order chi connectivity index (χ1) is 10.1. The van der Waals surface area contributed by atoms with Crippen molar-refractivity contribution in [3.63, 3.8) is 0 Å². The van der Waals surface area contributed by atoms with Crippen molar-refractivity contribution in [3.8, 4) is 0 Å². The number of amides is 1. The number of hydrogen-bond donors (Lipinski definition) is 1. The van der Waals surface area contributed by atoms with Gasteiger partial charge in [0, 0.05) is 25.3 Å². The number of hydrogen-bond acceptors (Lipinski definition) is 4. The minimum Gasteiger partial charge on any atom is -0.366 e. The molecule has 5 nitrogen and oxygen atoms in total. The molecule has 1 heterocycles. The first-order valence-electron chi connectivity index (χ1n) is 7.11. The second kappa shape index (κ2) is 7.38. The quantitative estimate of drug-likeness (QED) is 0.869. The standard InChI is InChI=1S/C15H22FN3O2/c1-18(2)7-6-17-15(20)14-11-19(8-9-21-14)13-5-3-4-12(16)10-13/h3-5,10,14H,6-9,11H2,1-2H3,(H,17,20). The number of ether oxygens (including phenoxy) is 1. The molecule has 116 valence electrons. The first-order valence-corrected chi connectivity index (χ1v) is 7.11. The van der Waals surface area contributed by atoms with Gasteiger partial charge in [0.1, 0.15) is 5.82 Å². The first kappa shape index (κ1) is 15.7. The molecule has 0 radical (unpaired) electrons. The smallest absolute Gasteiger partial charge is 0.251 e. The maximum atomic E-state index is 13.3. The Kier molecular flexibility index (Phi) is 5.52. The van der Waals surface area contributed by atoms with Gasteiger partial charge in [-0.25, -0.2) is 4.39 Å². The molecule has 21 heavy (non-hydrogen) atoms. The van der Waals surface area contributed by atoms with E-state index in [0.29, 0.717) is 26.2 Å². The Morgan fingerprint density at radius 3 is 3.05 bits per heavy atom. The average molecular weight is 295 g/mol. The zero-order valence-corrected chi connectivity index (χ0v) is 12.5. The molecule has 1 atom stereocenters. The summed E-state index contributed by atoms with van der Waals surface area (Å²) in [5.74, 6) is -0.385. The van der Waals surface area contributed by atoms with Gasteiger partial charge in [-0.15, -0.1) is 0 Å². The van der Waals surface area contributed by atoms with E-state index in [0.717, 1.165) is 12.2 Å². The van der Waals surface area contributed by atoms with Gasteiger partial charge in [0.05, 0.1) is 13.2 Å². The molecule has 1 fully saturated rings. The number of nitrogens with zero attached hydrogens (tertiary/aromatic N) is 2. The fourth-order valence-electron chi connectivity index (χ4n) is 2.23. The summed E-state index contributed by atoms with van der Waals surface area (Å²) in [5.41, 5.74) is 0.782. The molecule has 1 unspecified atom stereocenters. The third-order valence-corrected chi connectivity index (χ3v) is 3.39. The number of halogens is 1. The summed E-state index contributed by atoms with van der Waals surface area (Å²) >= 11 is 0. The zero-order valence-electron chi connectivity index (χ0n) is 12.5. The van der Waals surface area contributed by atoms with Crippen LogP contribution < -0.4 is 10.2 Å². The summed E-state index contributed by atoms with van der Waals surface area (Å²) in [6, 6.07) is 6.41. The Bertz CT molecular complexity index is 482. The molecule has 1 aromatic rings. The molecule has 0 bridgehead atoms. The summed E-state index contributed by atoms with van der Waals surface area (Å²) in [7, 11) is 3.91. The Morgan fingerprint density at radius 2 is 2.33 bits per heavy atom. The van der Waals surface area contributed by atoms with Gasteiger partial charge in [0.15, 0.2) is 6.10 Å². The lowest BCUT2D eigenvalue weighted by atomic mass is 10.2. The molecule has 6 heteroatoms. The van der Waals surface area contributed by atoms with E-state index in [1.165, 1.54) is 12.1 Å². The van der Waals surface area contributed by atoms with E-state index in [4.69, 9.17) is 4.74 Å². The molecule has 1 amide bonds. The third kappa shape index (κ3) is 4.68. The predicted molar refractivity (Wildman–Crippen MR) is 79.9 cm³/mol. The summed E-state index contributed by atoms with van der Waals surface area (Å²) in [5, 5.41) is 2.86. The SMILES string of the molecule is CN(C)CCNC(=O)C1CN(c2cccc(F)c2)CCO1. The Balaban J connectivity index is 1.89. The molecule has 1 aliphatic rings. The van der Waals surface area contributed by atoms with Gasteiger partial charge in [-0.05, 0) is 32.3 Å². The van der Waals surface area contributed by atoms with Crippen molar-refractivity contribution >= 4 is 11.6 Å². The number of likely N-dealkylation sites (N-methyl/N-ethyl adjacent to an activating group) is 1. The fraction of sp³-hybridized carbons (Fsp3) is 0.533. The zero-order chi connectivity index (χ0) is 15.2. The molecular formula is C15H22FN3O2. The highest BCUT2D eigenvalue weighted by molar-refractivity contribution is 5.81. The van der Waals surface area contributed by atoms with Crippen molar-refractivity contribution in [2.45, 2.75) is 6.10 Å². The highest BCUT2D eigenvalue weighted by Crippen LogP contribution is 2.18. The monoisotopic (exact) mass is 295 g/mol. The normalized spacial score (nSPS) is 18.9. The molecular weight excluding hydrogens is 273 g/mol. The maximum Gasteiger partial charge on any atom is 0.251 e. The second-order valence-corrected chi connectivity index (χ2v) is 5.38. The number of nitrogens with one attached hydrogen (secondary N) is 1. The molecule has 1 aliphatic heterocycles. The minimum atomic E-state index is -0.510. The highest BCUT2D eigenvalue weighted by Gasteiger charge is 2.26. The van der Waals surface area contributed by atoms with Crippen LogP contribution >= 0.6 is 0 Å². The molecule has 1 saturated heterocycles. The molecule has 2 rings (SSSR count). The predicted octanol–water partition coefficient (Wildman–Crippen LogP) is 0.709. The van der Waals surface area contributed by atoms with Gasteiger partial charge in [-0.1, -0.05) is 6.07 Å². The van der Waals surface area contributed by atoms with Crippen LogP contribution in [0.5, 0.6) is 0 Å². The van der Waals surface area contributed by atoms with Crippen LogP contribution in [-0.4, -0.2) is 63.8 Å². The van der Waals surface area contributed by atoms with E-state index in [-0.39, 0.29) is 11.7 Å². The summed E-state index contributed by atoms with van der Waals surface area (Å²) in [6.07, 6.45) is -0.510. The largest absolute Gasteiger partial charge is 0.366 e. The molecule has 1 N–H and O–H groups in total. The summed E-state index contributed by atoms with van der Waals surface area (Å²) in [6.45, 7) is 2.93. The Hall–Kier alpha value is -1.66. The Labute approximate surface area is 124 Å². The number of rotatable bonds is 5. The number of morpholine rings is 1. The summed E-state index contributed by atoms with van der Waals surface area (Å²) < 4.78 is 18.8. The number of anilines is 1. The van der Waals surface area contributed by atoms with E-state index in [9.17, 15) is 9.18 Å². The lowest BCUT2D eigenvalue weighted by Gasteiger charge is -2.33. The van der Waals surface area contributed by atoms with Crippen molar-refractivity contribution in [2.24, 2.45) is 0 Å². The van der Waals surface area contributed by atoms with E-state index < -0.39 is 6.10 Å². The van der Waals surface area contributed by atoms with Crippen molar-refractivity contribution in [1.82, 2.24) is 10.2 Å². The van der Waals surface area contributed by atoms with Gasteiger partial charge >= 0.3 is 0 Å². The molecule has 0 aromatic heterocycles. The van der Waals surface area contributed by atoms with E-state index in [1.54, 1.807) is 6.07 Å².